The highest BCUT2D eigenvalue weighted by Crippen LogP contribution is 2.23. The zero-order valence-corrected chi connectivity index (χ0v) is 10.4. The van der Waals surface area contributed by atoms with Gasteiger partial charge in [0.1, 0.15) is 0 Å². The van der Waals surface area contributed by atoms with Crippen LogP contribution in [0.1, 0.15) is 5.56 Å². The van der Waals surface area contributed by atoms with E-state index in [1.165, 1.54) is 0 Å². The van der Waals surface area contributed by atoms with Crippen molar-refractivity contribution in [3.05, 3.63) is 60.7 Å². The van der Waals surface area contributed by atoms with Crippen molar-refractivity contribution in [2.75, 3.05) is 0 Å². The minimum Gasteiger partial charge on any atom is -0.423 e. The van der Waals surface area contributed by atoms with Gasteiger partial charge in [0, 0.05) is 0 Å². The second-order valence-electron chi connectivity index (χ2n) is 4.57. The molecule has 0 heterocycles. The zero-order chi connectivity index (χ0) is 13.4. The molecule has 0 spiro atoms. The molecule has 0 aliphatic carbocycles. The van der Waals surface area contributed by atoms with Crippen LogP contribution in [0.3, 0.4) is 0 Å². The summed E-state index contributed by atoms with van der Waals surface area (Å²) in [5.41, 5.74) is 1.26. The summed E-state index contributed by atoms with van der Waals surface area (Å²) in [5, 5.41) is 23.3. The van der Waals surface area contributed by atoms with E-state index < -0.39 is 7.12 Å². The predicted octanol–water partition coefficient (Wildman–Crippen LogP) is 2.32. The maximum Gasteiger partial charge on any atom is 0.489 e. The van der Waals surface area contributed by atoms with E-state index in [0.717, 1.165) is 27.1 Å². The molecule has 0 aliphatic heterocycles. The first kappa shape index (κ1) is 12.0. The van der Waals surface area contributed by atoms with Gasteiger partial charge in [0.05, 0.1) is 0 Å². The van der Waals surface area contributed by atoms with E-state index in [2.05, 4.69) is 12.6 Å². The Labute approximate surface area is 111 Å². The Morgan fingerprint density at radius 1 is 0.895 bits per heavy atom. The molecule has 0 amide bonds. The molecule has 3 heteroatoms. The Morgan fingerprint density at radius 3 is 2.21 bits per heavy atom. The first-order chi connectivity index (χ1) is 9.20. The lowest BCUT2D eigenvalue weighted by molar-refractivity contribution is 0.426. The molecule has 2 nitrogen and oxygen atoms in total. The number of fused-ring (bicyclic) bond motifs is 2. The van der Waals surface area contributed by atoms with Gasteiger partial charge in [0.2, 0.25) is 0 Å². The molecule has 92 valence electrons. The van der Waals surface area contributed by atoms with E-state index in [9.17, 15) is 10.0 Å². The third-order valence-corrected chi connectivity index (χ3v) is 3.44. The van der Waals surface area contributed by atoms with Crippen molar-refractivity contribution in [1.29, 1.82) is 0 Å². The lowest BCUT2D eigenvalue weighted by Crippen LogP contribution is -2.32. The maximum atomic E-state index is 9.61. The van der Waals surface area contributed by atoms with Crippen LogP contribution >= 0.6 is 0 Å². The van der Waals surface area contributed by atoms with Gasteiger partial charge in [-0.15, -0.1) is 0 Å². The van der Waals surface area contributed by atoms with Crippen molar-refractivity contribution >= 4 is 40.2 Å². The molecule has 0 aromatic heterocycles. The highest BCUT2D eigenvalue weighted by Gasteiger charge is 2.18. The molecule has 3 aromatic rings. The van der Waals surface area contributed by atoms with Crippen molar-refractivity contribution in [3.63, 3.8) is 0 Å². The van der Waals surface area contributed by atoms with Gasteiger partial charge in [-0.3, -0.25) is 0 Å². The quantitative estimate of drug-likeness (QED) is 0.539. The van der Waals surface area contributed by atoms with Gasteiger partial charge in [-0.05, 0) is 44.7 Å². The molecule has 3 aromatic carbocycles. The molecule has 2 N–H and O–H groups in total. The smallest absolute Gasteiger partial charge is 0.423 e. The molecule has 19 heavy (non-hydrogen) atoms. The number of rotatable bonds is 2. The summed E-state index contributed by atoms with van der Waals surface area (Å²) in [7, 11) is -1.50. The van der Waals surface area contributed by atoms with Crippen LogP contribution in [0.4, 0.5) is 0 Å². The van der Waals surface area contributed by atoms with E-state index in [0.29, 0.717) is 5.46 Å². The monoisotopic (exact) mass is 248 g/mol. The minimum atomic E-state index is -1.50. The molecule has 0 unspecified atom stereocenters. The summed E-state index contributed by atoms with van der Waals surface area (Å²) in [6.07, 6.45) is 1.64. The molecule has 0 radical (unpaired) electrons. The fraction of sp³-hybridized carbons (Fsp3) is 0. The van der Waals surface area contributed by atoms with Crippen molar-refractivity contribution in [2.45, 2.75) is 0 Å². The minimum absolute atomic E-state index is 0.512. The van der Waals surface area contributed by atoms with Crippen LogP contribution in [0, 0.1) is 0 Å². The third kappa shape index (κ3) is 1.93. The van der Waals surface area contributed by atoms with E-state index >= 15 is 0 Å². The van der Waals surface area contributed by atoms with Gasteiger partial charge in [-0.1, -0.05) is 49.1 Å². The molecular formula is C16H13BO2. The summed E-state index contributed by atoms with van der Waals surface area (Å²) >= 11 is 0. The Bertz CT molecular complexity index is 778. The van der Waals surface area contributed by atoms with Crippen molar-refractivity contribution in [3.8, 4) is 0 Å². The van der Waals surface area contributed by atoms with Gasteiger partial charge < -0.3 is 10.0 Å². The normalized spacial score (nSPS) is 10.8. The molecule has 0 saturated heterocycles. The van der Waals surface area contributed by atoms with Crippen LogP contribution < -0.4 is 5.46 Å². The second-order valence-corrected chi connectivity index (χ2v) is 4.57. The van der Waals surface area contributed by atoms with Crippen LogP contribution in [0.5, 0.6) is 0 Å². The second kappa shape index (κ2) is 4.54. The van der Waals surface area contributed by atoms with Gasteiger partial charge in [-0.2, -0.15) is 0 Å². The molecule has 0 aliphatic rings. The van der Waals surface area contributed by atoms with Crippen LogP contribution in [0.2, 0.25) is 0 Å². The summed E-state index contributed by atoms with van der Waals surface area (Å²) < 4.78 is 0. The van der Waals surface area contributed by atoms with Crippen molar-refractivity contribution in [2.24, 2.45) is 0 Å². The third-order valence-electron chi connectivity index (χ3n) is 3.44. The SMILES string of the molecule is C=Cc1ccc2cc3ccccc3cc2c1B(O)O. The molecule has 0 bridgehead atoms. The summed E-state index contributed by atoms with van der Waals surface area (Å²) in [6, 6.07) is 15.9. The lowest BCUT2D eigenvalue weighted by Gasteiger charge is -2.11. The molecule has 0 fully saturated rings. The molecule has 3 rings (SSSR count). The van der Waals surface area contributed by atoms with Gasteiger partial charge in [-0.25, -0.2) is 0 Å². The Morgan fingerprint density at radius 2 is 1.58 bits per heavy atom. The number of hydrogen-bond donors (Lipinski definition) is 2. The van der Waals surface area contributed by atoms with Gasteiger partial charge in [0.25, 0.3) is 0 Å². The van der Waals surface area contributed by atoms with Crippen LogP contribution in [0.15, 0.2) is 55.1 Å². The molecule has 0 saturated carbocycles. The van der Waals surface area contributed by atoms with Crippen LogP contribution in [-0.4, -0.2) is 17.2 Å². The van der Waals surface area contributed by atoms with Crippen LogP contribution in [0.25, 0.3) is 27.6 Å². The fourth-order valence-electron chi connectivity index (χ4n) is 2.52. The maximum absolute atomic E-state index is 9.61. The average Bonchev–Trinajstić information content (AvgIpc) is 2.43. The first-order valence-electron chi connectivity index (χ1n) is 6.14. The van der Waals surface area contributed by atoms with E-state index in [-0.39, 0.29) is 0 Å². The molecule has 0 atom stereocenters. The van der Waals surface area contributed by atoms with E-state index in [1.807, 2.05) is 42.5 Å². The van der Waals surface area contributed by atoms with E-state index in [4.69, 9.17) is 0 Å². The predicted molar refractivity (Wildman–Crippen MR) is 81.4 cm³/mol. The average molecular weight is 248 g/mol. The zero-order valence-electron chi connectivity index (χ0n) is 10.4. The summed E-state index contributed by atoms with van der Waals surface area (Å²) in [6.45, 7) is 3.72. The summed E-state index contributed by atoms with van der Waals surface area (Å²) in [5.74, 6) is 0. The van der Waals surface area contributed by atoms with Gasteiger partial charge in [0.15, 0.2) is 0 Å². The largest absolute Gasteiger partial charge is 0.489 e. The van der Waals surface area contributed by atoms with Crippen molar-refractivity contribution < 1.29 is 10.0 Å². The lowest BCUT2D eigenvalue weighted by atomic mass is 9.73. The van der Waals surface area contributed by atoms with Crippen LogP contribution in [-0.2, 0) is 0 Å². The summed E-state index contributed by atoms with van der Waals surface area (Å²) in [4.78, 5) is 0. The Hall–Kier alpha value is -2.10. The Kier molecular flexibility index (Phi) is 2.86. The Balaban J connectivity index is 2.46. The standard InChI is InChI=1S/C16H13BO2/c1-2-11-7-8-14-9-12-5-3-4-6-13(12)10-15(14)16(11)17(18)19/h2-10,18-19H,1H2. The highest BCUT2D eigenvalue weighted by atomic mass is 16.4. The van der Waals surface area contributed by atoms with Gasteiger partial charge >= 0.3 is 7.12 Å². The topological polar surface area (TPSA) is 40.5 Å². The van der Waals surface area contributed by atoms with E-state index in [1.54, 1.807) is 6.08 Å². The molecular weight excluding hydrogens is 235 g/mol. The first-order valence-corrected chi connectivity index (χ1v) is 6.14. The van der Waals surface area contributed by atoms with Crippen molar-refractivity contribution in [1.82, 2.24) is 0 Å². The fourth-order valence-corrected chi connectivity index (χ4v) is 2.52. The number of benzene rings is 3. The number of hydrogen-bond acceptors (Lipinski definition) is 2. The highest BCUT2D eigenvalue weighted by molar-refractivity contribution is 6.63.